The number of rotatable bonds is 6. The number of nitrogens with one attached hydrogen (secondary N) is 1. The molecule has 10 heteroatoms. The van der Waals surface area contributed by atoms with Gasteiger partial charge in [-0.2, -0.15) is 18.3 Å². The summed E-state index contributed by atoms with van der Waals surface area (Å²) in [7, 11) is 1.41. The maximum absolute atomic E-state index is 12.2. The van der Waals surface area contributed by atoms with Gasteiger partial charge in [0.15, 0.2) is 0 Å². The number of hydrogen-bond donors (Lipinski definition) is 2. The first-order chi connectivity index (χ1) is 9.28. The van der Waals surface area contributed by atoms with Gasteiger partial charge in [0.25, 0.3) is 5.56 Å². The Morgan fingerprint density at radius 1 is 1.60 bits per heavy atom. The van der Waals surface area contributed by atoms with Crippen molar-refractivity contribution in [3.05, 3.63) is 21.6 Å². The van der Waals surface area contributed by atoms with Gasteiger partial charge in [-0.3, -0.25) is 4.79 Å². The van der Waals surface area contributed by atoms with Crippen molar-refractivity contribution in [1.29, 1.82) is 0 Å². The summed E-state index contributed by atoms with van der Waals surface area (Å²) in [6.07, 6.45) is -3.58. The smallest absolute Gasteiger partial charge is 0.394 e. The topological polar surface area (TPSA) is 76.4 Å². The van der Waals surface area contributed by atoms with Crippen LogP contribution in [0.1, 0.15) is 0 Å². The molecule has 0 radical (unpaired) electrons. The molecule has 6 nitrogen and oxygen atoms in total. The first-order valence-corrected chi connectivity index (χ1v) is 5.85. The fourth-order valence-electron chi connectivity index (χ4n) is 1.41. The molecule has 0 saturated carbocycles. The zero-order valence-electron chi connectivity index (χ0n) is 10.4. The molecule has 0 saturated heterocycles. The average molecular weight is 316 g/mol. The number of halogens is 4. The van der Waals surface area contributed by atoms with E-state index in [1.165, 1.54) is 7.11 Å². The third kappa shape index (κ3) is 4.66. The second-order valence-electron chi connectivity index (χ2n) is 3.93. The van der Waals surface area contributed by atoms with E-state index in [9.17, 15) is 18.0 Å². The van der Waals surface area contributed by atoms with Gasteiger partial charge >= 0.3 is 6.18 Å². The Bertz CT molecular complexity index is 507. The van der Waals surface area contributed by atoms with E-state index in [4.69, 9.17) is 21.4 Å². The molecule has 1 aromatic rings. The molecule has 1 rings (SSSR count). The Hall–Kier alpha value is -1.32. The van der Waals surface area contributed by atoms with Crippen LogP contribution in [0.15, 0.2) is 11.0 Å². The van der Waals surface area contributed by atoms with E-state index < -0.39 is 29.3 Å². The van der Waals surface area contributed by atoms with E-state index in [0.717, 1.165) is 6.20 Å². The normalized spacial score (nSPS) is 13.3. The molecule has 0 aliphatic heterocycles. The Balaban J connectivity index is 2.97. The van der Waals surface area contributed by atoms with Crippen LogP contribution in [-0.4, -0.2) is 47.4 Å². The molecule has 114 valence electrons. The van der Waals surface area contributed by atoms with Gasteiger partial charge in [0.1, 0.15) is 11.6 Å². The summed E-state index contributed by atoms with van der Waals surface area (Å²) in [5, 5.41) is 14.7. The summed E-state index contributed by atoms with van der Waals surface area (Å²) in [5.41, 5.74) is -1.03. The van der Waals surface area contributed by atoms with Crippen molar-refractivity contribution in [3.8, 4) is 0 Å². The van der Waals surface area contributed by atoms with Crippen LogP contribution in [0.2, 0.25) is 5.02 Å². The van der Waals surface area contributed by atoms with Crippen LogP contribution in [0.5, 0.6) is 0 Å². The van der Waals surface area contributed by atoms with Gasteiger partial charge in [-0.15, -0.1) is 0 Å². The van der Waals surface area contributed by atoms with E-state index in [2.05, 4.69) is 10.4 Å². The van der Waals surface area contributed by atoms with Crippen molar-refractivity contribution in [3.63, 3.8) is 0 Å². The van der Waals surface area contributed by atoms with Crippen molar-refractivity contribution in [1.82, 2.24) is 9.78 Å². The molecule has 0 aromatic carbocycles. The number of aromatic nitrogens is 2. The first-order valence-electron chi connectivity index (χ1n) is 5.47. The fourth-order valence-corrected chi connectivity index (χ4v) is 1.61. The molecule has 20 heavy (non-hydrogen) atoms. The summed E-state index contributed by atoms with van der Waals surface area (Å²) in [6, 6.07) is -0.558. The average Bonchev–Trinajstić information content (AvgIpc) is 2.36. The molecular weight excluding hydrogens is 303 g/mol. The van der Waals surface area contributed by atoms with Crippen LogP contribution in [0.4, 0.5) is 18.9 Å². The minimum absolute atomic E-state index is 0.0335. The molecule has 1 aromatic heterocycles. The van der Waals surface area contributed by atoms with Gasteiger partial charge in [-0.1, -0.05) is 11.6 Å². The Morgan fingerprint density at radius 2 is 2.25 bits per heavy atom. The van der Waals surface area contributed by atoms with Gasteiger partial charge in [0.05, 0.1) is 31.1 Å². The summed E-state index contributed by atoms with van der Waals surface area (Å²) in [6.45, 7) is -1.71. The van der Waals surface area contributed by atoms with Crippen molar-refractivity contribution >= 4 is 17.3 Å². The van der Waals surface area contributed by atoms with Crippen LogP contribution in [0.25, 0.3) is 0 Å². The Morgan fingerprint density at radius 3 is 2.75 bits per heavy atom. The monoisotopic (exact) mass is 315 g/mol. The molecule has 1 atom stereocenters. The number of hydrogen-bond acceptors (Lipinski definition) is 5. The molecule has 0 aliphatic rings. The Kier molecular flexibility index (Phi) is 5.78. The molecule has 0 amide bonds. The molecule has 0 aliphatic carbocycles. The molecular formula is C10H13ClF3N3O3. The van der Waals surface area contributed by atoms with E-state index >= 15 is 0 Å². The highest BCUT2D eigenvalue weighted by Crippen LogP contribution is 2.19. The summed E-state index contributed by atoms with van der Waals surface area (Å²) in [5.74, 6) is 0. The lowest BCUT2D eigenvalue weighted by atomic mass is 10.3. The molecule has 0 bridgehead atoms. The van der Waals surface area contributed by atoms with Gasteiger partial charge in [-0.05, 0) is 0 Å². The summed E-state index contributed by atoms with van der Waals surface area (Å²) < 4.78 is 41.7. The van der Waals surface area contributed by atoms with Crippen LogP contribution in [-0.2, 0) is 11.3 Å². The Labute approximate surface area is 117 Å². The summed E-state index contributed by atoms with van der Waals surface area (Å²) >= 11 is 5.70. The molecule has 1 unspecified atom stereocenters. The lowest BCUT2D eigenvalue weighted by Crippen LogP contribution is -2.33. The van der Waals surface area contributed by atoms with E-state index in [1.54, 1.807) is 0 Å². The minimum Gasteiger partial charge on any atom is -0.394 e. The highest BCUT2D eigenvalue weighted by Gasteiger charge is 2.29. The fraction of sp³-hybridized carbons (Fsp3) is 0.600. The molecule has 0 spiro atoms. The van der Waals surface area contributed by atoms with Gasteiger partial charge < -0.3 is 15.2 Å². The molecule has 1 heterocycles. The third-order valence-corrected chi connectivity index (χ3v) is 2.63. The molecule has 2 N–H and O–H groups in total. The van der Waals surface area contributed by atoms with Crippen LogP contribution < -0.4 is 10.9 Å². The lowest BCUT2D eigenvalue weighted by Gasteiger charge is -2.17. The number of aliphatic hydroxyl groups excluding tert-OH is 1. The van der Waals surface area contributed by atoms with Crippen molar-refractivity contribution in [2.45, 2.75) is 18.8 Å². The molecule has 0 fully saturated rings. The largest absolute Gasteiger partial charge is 0.408 e. The number of anilines is 1. The van der Waals surface area contributed by atoms with E-state index in [0.29, 0.717) is 0 Å². The van der Waals surface area contributed by atoms with Crippen molar-refractivity contribution < 1.29 is 23.0 Å². The number of methoxy groups -OCH3 is 1. The highest BCUT2D eigenvalue weighted by atomic mass is 35.5. The predicted octanol–water partition coefficient (Wildman–Crippen LogP) is 0.878. The second-order valence-corrected chi connectivity index (χ2v) is 4.31. The van der Waals surface area contributed by atoms with Crippen LogP contribution in [0.3, 0.4) is 0 Å². The number of aliphatic hydroxyl groups is 1. The third-order valence-electron chi connectivity index (χ3n) is 2.26. The SMILES string of the molecule is COCC(CO)Nc1cnn(CC(F)(F)F)c(=O)c1Cl. The number of nitrogens with zero attached hydrogens (tertiary/aromatic N) is 2. The van der Waals surface area contributed by atoms with Crippen molar-refractivity contribution in [2.24, 2.45) is 0 Å². The predicted molar refractivity (Wildman–Crippen MR) is 65.9 cm³/mol. The van der Waals surface area contributed by atoms with E-state index in [-0.39, 0.29) is 23.6 Å². The van der Waals surface area contributed by atoms with Gasteiger partial charge in [0.2, 0.25) is 0 Å². The van der Waals surface area contributed by atoms with Gasteiger partial charge in [-0.25, -0.2) is 4.68 Å². The van der Waals surface area contributed by atoms with Crippen LogP contribution in [0, 0.1) is 0 Å². The lowest BCUT2D eigenvalue weighted by molar-refractivity contribution is -0.143. The summed E-state index contributed by atoms with van der Waals surface area (Å²) in [4.78, 5) is 11.6. The number of ether oxygens (including phenoxy) is 1. The van der Waals surface area contributed by atoms with Crippen molar-refractivity contribution in [2.75, 3.05) is 25.6 Å². The zero-order valence-corrected chi connectivity index (χ0v) is 11.2. The standard InChI is InChI=1S/C10H13ClF3N3O3/c1-20-4-6(3-18)16-7-2-15-17(5-10(12,13)14)9(19)8(7)11/h2,6,16,18H,3-5H2,1H3. The maximum atomic E-state index is 12.2. The second kappa shape index (κ2) is 6.91. The van der Waals surface area contributed by atoms with E-state index in [1.807, 2.05) is 0 Å². The number of alkyl halides is 3. The first kappa shape index (κ1) is 16.7. The van der Waals surface area contributed by atoms with Crippen LogP contribution >= 0.6 is 11.6 Å². The van der Waals surface area contributed by atoms with Gasteiger partial charge in [0, 0.05) is 7.11 Å². The maximum Gasteiger partial charge on any atom is 0.408 e. The zero-order chi connectivity index (χ0) is 15.3. The minimum atomic E-state index is -4.57. The highest BCUT2D eigenvalue weighted by molar-refractivity contribution is 6.32. The quantitative estimate of drug-likeness (QED) is 0.815.